The number of rotatable bonds is 9. The van der Waals surface area contributed by atoms with Crippen molar-refractivity contribution in [3.05, 3.63) is 11.8 Å². The van der Waals surface area contributed by atoms with Gasteiger partial charge in [-0.05, 0) is 26.2 Å². The van der Waals surface area contributed by atoms with Crippen LogP contribution in [0.1, 0.15) is 53.4 Å². The molecule has 0 aromatic carbocycles. The Morgan fingerprint density at radius 2 is 2.06 bits per heavy atom. The zero-order valence-corrected chi connectivity index (χ0v) is 11.7. The Kier molecular flexibility index (Phi) is 9.59. The van der Waals surface area contributed by atoms with Crippen LogP contribution in [0.2, 0.25) is 0 Å². The van der Waals surface area contributed by atoms with E-state index in [9.17, 15) is 4.79 Å². The van der Waals surface area contributed by atoms with Crippen molar-refractivity contribution in [3.63, 3.8) is 0 Å². The highest BCUT2D eigenvalue weighted by Gasteiger charge is 2.05. The molecule has 0 aliphatic rings. The fourth-order valence-electron chi connectivity index (χ4n) is 1.66. The number of hydrogen-bond donors (Lipinski definition) is 1. The van der Waals surface area contributed by atoms with Gasteiger partial charge in [0.1, 0.15) is 0 Å². The van der Waals surface area contributed by atoms with E-state index in [1.165, 1.54) is 31.8 Å². The molecule has 3 nitrogen and oxygen atoms in total. The summed E-state index contributed by atoms with van der Waals surface area (Å²) in [6.45, 7) is 9.52. The quantitative estimate of drug-likeness (QED) is 0.497. The van der Waals surface area contributed by atoms with Crippen LogP contribution >= 0.6 is 0 Å². The minimum absolute atomic E-state index is 0.265. The summed E-state index contributed by atoms with van der Waals surface area (Å²) in [4.78, 5) is 11.2. The lowest BCUT2D eigenvalue weighted by molar-refractivity contribution is -0.137. The van der Waals surface area contributed by atoms with E-state index in [1.807, 2.05) is 13.8 Å². The second-order valence-electron chi connectivity index (χ2n) is 4.38. The average Bonchev–Trinajstić information content (AvgIpc) is 2.29. The molecule has 0 fully saturated rings. The Morgan fingerprint density at radius 3 is 2.59 bits per heavy atom. The van der Waals surface area contributed by atoms with Crippen molar-refractivity contribution in [2.45, 2.75) is 53.4 Å². The summed E-state index contributed by atoms with van der Waals surface area (Å²) in [5.41, 5.74) is 0.887. The molecule has 17 heavy (non-hydrogen) atoms. The molecule has 1 atom stereocenters. The van der Waals surface area contributed by atoms with E-state index in [0.29, 0.717) is 12.5 Å². The van der Waals surface area contributed by atoms with Crippen molar-refractivity contribution in [2.75, 3.05) is 13.2 Å². The third-order valence-electron chi connectivity index (χ3n) is 2.83. The predicted molar refractivity (Wildman–Crippen MR) is 71.7 cm³/mol. The van der Waals surface area contributed by atoms with Gasteiger partial charge in [-0.2, -0.15) is 0 Å². The maximum atomic E-state index is 11.2. The van der Waals surface area contributed by atoms with Crippen LogP contribution < -0.4 is 5.32 Å². The molecule has 1 unspecified atom stereocenters. The Bertz CT molecular complexity index is 236. The van der Waals surface area contributed by atoms with E-state index < -0.39 is 0 Å². The normalized spacial score (nSPS) is 13.3. The van der Waals surface area contributed by atoms with E-state index in [1.54, 1.807) is 0 Å². The molecule has 1 N–H and O–H groups in total. The Balaban J connectivity index is 3.94. The van der Waals surface area contributed by atoms with Gasteiger partial charge in [0, 0.05) is 18.3 Å². The third kappa shape index (κ3) is 8.78. The van der Waals surface area contributed by atoms with Gasteiger partial charge < -0.3 is 10.1 Å². The highest BCUT2D eigenvalue weighted by Crippen LogP contribution is 2.11. The molecule has 0 aliphatic heterocycles. The molecule has 0 saturated carbocycles. The van der Waals surface area contributed by atoms with Crippen molar-refractivity contribution in [3.8, 4) is 0 Å². The predicted octanol–water partition coefficient (Wildman–Crippen LogP) is 3.26. The number of allylic oxidation sites excluding steroid dienone is 1. The lowest BCUT2D eigenvalue weighted by Gasteiger charge is -2.16. The van der Waals surface area contributed by atoms with Crippen LogP contribution in [0.3, 0.4) is 0 Å². The second-order valence-corrected chi connectivity index (χ2v) is 4.38. The summed E-state index contributed by atoms with van der Waals surface area (Å²) >= 11 is 0. The molecule has 0 aromatic heterocycles. The largest absolute Gasteiger partial charge is 0.463 e. The molecular weight excluding hydrogens is 214 g/mol. The molecule has 3 heteroatoms. The molecule has 0 heterocycles. The molecular formula is C14H27NO2. The highest BCUT2D eigenvalue weighted by molar-refractivity contribution is 5.82. The van der Waals surface area contributed by atoms with Gasteiger partial charge in [-0.1, -0.05) is 33.1 Å². The van der Waals surface area contributed by atoms with Crippen LogP contribution in [0, 0.1) is 5.92 Å². The van der Waals surface area contributed by atoms with Crippen molar-refractivity contribution in [1.82, 2.24) is 5.32 Å². The summed E-state index contributed by atoms with van der Waals surface area (Å²) in [6.07, 6.45) is 6.48. The Hall–Kier alpha value is -0.990. The molecule has 0 rings (SSSR count). The third-order valence-corrected chi connectivity index (χ3v) is 2.83. The number of carbonyl (C=O) groups excluding carboxylic acids is 1. The van der Waals surface area contributed by atoms with Crippen LogP contribution in [0.5, 0.6) is 0 Å². The van der Waals surface area contributed by atoms with Gasteiger partial charge in [-0.25, -0.2) is 4.79 Å². The zero-order chi connectivity index (χ0) is 13.1. The molecule has 0 aromatic rings. The van der Waals surface area contributed by atoms with Crippen LogP contribution in [0.25, 0.3) is 0 Å². The fraction of sp³-hybridized carbons (Fsp3) is 0.786. The Labute approximate surface area is 106 Å². The fourth-order valence-corrected chi connectivity index (χ4v) is 1.66. The van der Waals surface area contributed by atoms with E-state index >= 15 is 0 Å². The molecule has 0 aliphatic carbocycles. The zero-order valence-electron chi connectivity index (χ0n) is 11.7. The lowest BCUT2D eigenvalue weighted by Crippen LogP contribution is -2.21. The van der Waals surface area contributed by atoms with E-state index in [0.717, 1.165) is 12.2 Å². The van der Waals surface area contributed by atoms with Crippen molar-refractivity contribution in [2.24, 2.45) is 5.92 Å². The number of nitrogens with one attached hydrogen (secondary N) is 1. The first kappa shape index (κ1) is 16.0. The number of esters is 1. The summed E-state index contributed by atoms with van der Waals surface area (Å²) in [7, 11) is 0. The second kappa shape index (κ2) is 10.2. The van der Waals surface area contributed by atoms with Gasteiger partial charge in [-0.3, -0.25) is 0 Å². The van der Waals surface area contributed by atoms with Crippen molar-refractivity contribution in [1.29, 1.82) is 0 Å². The number of carbonyl (C=O) groups is 1. The van der Waals surface area contributed by atoms with Crippen molar-refractivity contribution >= 4 is 5.97 Å². The monoisotopic (exact) mass is 241 g/mol. The van der Waals surface area contributed by atoms with Gasteiger partial charge in [0.15, 0.2) is 0 Å². The van der Waals surface area contributed by atoms with Crippen LogP contribution in [0.4, 0.5) is 0 Å². The maximum absolute atomic E-state index is 11.2. The van der Waals surface area contributed by atoms with E-state index in [4.69, 9.17) is 4.74 Å². The molecule has 100 valence electrons. The van der Waals surface area contributed by atoms with Gasteiger partial charge in [-0.15, -0.1) is 0 Å². The van der Waals surface area contributed by atoms with Gasteiger partial charge in [0.2, 0.25) is 0 Å². The average molecular weight is 241 g/mol. The number of ether oxygens (including phenoxy) is 1. The minimum atomic E-state index is -0.265. The van der Waals surface area contributed by atoms with Crippen LogP contribution in [-0.4, -0.2) is 19.1 Å². The molecule has 0 saturated heterocycles. The molecule has 0 amide bonds. The van der Waals surface area contributed by atoms with Gasteiger partial charge in [0.25, 0.3) is 0 Å². The number of unbranched alkanes of at least 4 members (excludes halogenated alkanes) is 1. The van der Waals surface area contributed by atoms with E-state index in [-0.39, 0.29) is 5.97 Å². The van der Waals surface area contributed by atoms with Crippen molar-refractivity contribution < 1.29 is 9.53 Å². The van der Waals surface area contributed by atoms with Gasteiger partial charge >= 0.3 is 5.97 Å². The maximum Gasteiger partial charge on any atom is 0.332 e. The summed E-state index contributed by atoms with van der Waals surface area (Å²) in [5, 5.41) is 3.29. The summed E-state index contributed by atoms with van der Waals surface area (Å²) in [5.74, 6) is 0.430. The Morgan fingerprint density at radius 1 is 1.35 bits per heavy atom. The van der Waals surface area contributed by atoms with E-state index in [2.05, 4.69) is 19.2 Å². The van der Waals surface area contributed by atoms with Crippen LogP contribution in [-0.2, 0) is 9.53 Å². The first-order valence-corrected chi connectivity index (χ1v) is 6.72. The summed E-state index contributed by atoms with van der Waals surface area (Å²) < 4.78 is 4.86. The molecule has 0 radical (unpaired) electrons. The van der Waals surface area contributed by atoms with Gasteiger partial charge in [0.05, 0.1) is 6.61 Å². The highest BCUT2D eigenvalue weighted by atomic mass is 16.5. The standard InChI is InChI=1S/C14H27NO2/c1-5-8-9-13(6-2)11-15-12(4)10-14(16)17-7-3/h10,13,15H,5-9,11H2,1-4H3/b12-10+. The molecule has 0 bridgehead atoms. The first-order chi connectivity index (χ1) is 8.13. The molecule has 0 spiro atoms. The topological polar surface area (TPSA) is 38.3 Å². The smallest absolute Gasteiger partial charge is 0.332 e. The minimum Gasteiger partial charge on any atom is -0.463 e. The van der Waals surface area contributed by atoms with Crippen LogP contribution in [0.15, 0.2) is 11.8 Å². The lowest BCUT2D eigenvalue weighted by atomic mass is 9.99. The SMILES string of the molecule is CCCCC(CC)CN/C(C)=C/C(=O)OCC. The first-order valence-electron chi connectivity index (χ1n) is 6.72. The summed E-state index contributed by atoms with van der Waals surface area (Å²) in [6, 6.07) is 0. The number of hydrogen-bond acceptors (Lipinski definition) is 3.